The van der Waals surface area contributed by atoms with Crippen molar-refractivity contribution in [3.63, 3.8) is 0 Å². The molecule has 1 saturated heterocycles. The molecule has 1 saturated carbocycles. The van der Waals surface area contributed by atoms with Crippen molar-refractivity contribution in [1.82, 2.24) is 0 Å². The Morgan fingerprint density at radius 2 is 1.56 bits per heavy atom. The van der Waals surface area contributed by atoms with Crippen LogP contribution in [0.5, 0.6) is 23.0 Å². The lowest BCUT2D eigenvalue weighted by Crippen LogP contribution is -2.39. The monoisotopic (exact) mass is 731 g/mol. The van der Waals surface area contributed by atoms with E-state index >= 15 is 0 Å². The lowest BCUT2D eigenvalue weighted by molar-refractivity contribution is 0.122. The second-order valence-corrected chi connectivity index (χ2v) is 16.7. The molecule has 0 bridgehead atoms. The average molecular weight is 732 g/mol. The molecule has 0 radical (unpaired) electrons. The summed E-state index contributed by atoms with van der Waals surface area (Å²) in [6.07, 6.45) is 11.0. The highest BCUT2D eigenvalue weighted by atomic mass is 16.5. The smallest absolute Gasteiger partial charge is 0.178 e. The minimum absolute atomic E-state index is 0.107. The fourth-order valence-corrected chi connectivity index (χ4v) is 10.8. The Kier molecular flexibility index (Phi) is 7.90. The predicted molar refractivity (Wildman–Crippen MR) is 220 cm³/mol. The molecule has 5 aromatic rings. The minimum atomic E-state index is -0.911. The Morgan fingerprint density at radius 3 is 2.29 bits per heavy atom. The van der Waals surface area contributed by atoms with Gasteiger partial charge in [0.2, 0.25) is 0 Å². The number of hydrogen-bond acceptors (Lipinski definition) is 6. The first-order valence-electron chi connectivity index (χ1n) is 19.9. The van der Waals surface area contributed by atoms with Crippen LogP contribution in [-0.2, 0) is 22.2 Å². The molecule has 280 valence electrons. The van der Waals surface area contributed by atoms with Crippen LogP contribution in [0.2, 0.25) is 0 Å². The summed E-state index contributed by atoms with van der Waals surface area (Å²) in [5.74, 6) is 3.32. The Labute approximate surface area is 324 Å². The van der Waals surface area contributed by atoms with Gasteiger partial charge in [-0.25, -0.2) is 0 Å². The first-order chi connectivity index (χ1) is 26.8. The van der Waals surface area contributed by atoms with Crippen LogP contribution >= 0.6 is 0 Å². The minimum Gasteiger partial charge on any atom is -0.497 e. The van der Waals surface area contributed by atoms with Gasteiger partial charge in [-0.1, -0.05) is 80.1 Å². The number of ether oxygens (including phenoxy) is 5. The molecule has 0 aromatic heterocycles. The molecule has 2 fully saturated rings. The number of nitrogens with zero attached hydrogens (tertiary/aromatic N) is 1. The highest BCUT2D eigenvalue weighted by molar-refractivity contribution is 6.11. The number of allylic oxidation sites excluding steroid dienone is 2. The molecule has 10 rings (SSSR count). The molecule has 5 aromatic carbocycles. The van der Waals surface area contributed by atoms with Gasteiger partial charge in [-0.3, -0.25) is 0 Å². The molecule has 3 aliphatic heterocycles. The van der Waals surface area contributed by atoms with Crippen molar-refractivity contribution in [2.24, 2.45) is 5.41 Å². The number of hydrogen-bond donors (Lipinski definition) is 0. The van der Waals surface area contributed by atoms with Crippen LogP contribution in [0.1, 0.15) is 73.4 Å². The molecule has 2 atom stereocenters. The third kappa shape index (κ3) is 5.10. The summed E-state index contributed by atoms with van der Waals surface area (Å²) >= 11 is 0. The van der Waals surface area contributed by atoms with Crippen LogP contribution in [-0.4, -0.2) is 47.1 Å². The zero-order valence-electron chi connectivity index (χ0n) is 32.6. The van der Waals surface area contributed by atoms with Crippen molar-refractivity contribution in [1.29, 1.82) is 0 Å². The quantitative estimate of drug-likeness (QED) is 0.168. The van der Waals surface area contributed by atoms with Gasteiger partial charge in [0.15, 0.2) is 17.1 Å². The SMILES string of the molecule is C/C=C1\CC(C)(C)CC2(C1)c1ccccc1-c1c2c2c(c3cc(OC)c4c(c13)CCO4)OC(c1ccc(OC)cc1)(c1ccc(N3CCOCC3)cc1)C=C2. The van der Waals surface area contributed by atoms with Gasteiger partial charge >= 0.3 is 0 Å². The molecular formula is C49H49NO5. The van der Waals surface area contributed by atoms with Crippen LogP contribution in [0.15, 0.2) is 96.6 Å². The van der Waals surface area contributed by atoms with E-state index in [0.29, 0.717) is 6.61 Å². The van der Waals surface area contributed by atoms with Crippen molar-refractivity contribution in [2.45, 2.75) is 57.5 Å². The maximum atomic E-state index is 7.81. The molecule has 0 amide bonds. The Morgan fingerprint density at radius 1 is 0.818 bits per heavy atom. The number of anilines is 1. The average Bonchev–Trinajstić information content (AvgIpc) is 3.82. The molecule has 55 heavy (non-hydrogen) atoms. The number of methoxy groups -OCH3 is 2. The topological polar surface area (TPSA) is 49.4 Å². The highest BCUT2D eigenvalue weighted by Crippen LogP contribution is 2.66. The normalized spacial score (nSPS) is 23.9. The van der Waals surface area contributed by atoms with E-state index in [0.717, 1.165) is 91.5 Å². The van der Waals surface area contributed by atoms with Crippen molar-refractivity contribution in [2.75, 3.05) is 52.0 Å². The van der Waals surface area contributed by atoms with Gasteiger partial charge in [0.25, 0.3) is 0 Å². The highest BCUT2D eigenvalue weighted by Gasteiger charge is 2.53. The van der Waals surface area contributed by atoms with E-state index < -0.39 is 5.60 Å². The van der Waals surface area contributed by atoms with E-state index in [1.807, 2.05) is 12.1 Å². The van der Waals surface area contributed by atoms with E-state index in [9.17, 15) is 0 Å². The van der Waals surface area contributed by atoms with E-state index in [1.165, 1.54) is 50.0 Å². The maximum absolute atomic E-state index is 7.81. The van der Waals surface area contributed by atoms with Gasteiger partial charge in [0.1, 0.15) is 11.5 Å². The maximum Gasteiger partial charge on any atom is 0.178 e. The molecule has 2 aliphatic carbocycles. The van der Waals surface area contributed by atoms with E-state index in [4.69, 9.17) is 23.7 Å². The molecule has 5 aliphatic rings. The van der Waals surface area contributed by atoms with E-state index in [-0.39, 0.29) is 10.8 Å². The van der Waals surface area contributed by atoms with Gasteiger partial charge in [-0.05, 0) is 90.3 Å². The third-order valence-electron chi connectivity index (χ3n) is 13.0. The second kappa shape index (κ2) is 12.7. The van der Waals surface area contributed by atoms with Crippen LogP contribution in [0.25, 0.3) is 28.0 Å². The number of morpholine rings is 1. The molecule has 0 N–H and O–H groups in total. The first kappa shape index (κ1) is 34.3. The summed E-state index contributed by atoms with van der Waals surface area (Å²) in [6.45, 7) is 11.0. The Hall–Kier alpha value is -5.20. The third-order valence-corrected chi connectivity index (χ3v) is 13.0. The van der Waals surface area contributed by atoms with Gasteiger partial charge in [-0.2, -0.15) is 0 Å². The number of fused-ring (bicyclic) bond motifs is 12. The molecule has 2 unspecified atom stereocenters. The molecule has 6 heteroatoms. The standard InChI is InChI=1S/C49H49NO5/c1-6-31-28-47(2,3)30-48(29-31)40-10-8-7-9-36(40)43-42-37-20-24-54-46(37)41(52-5)27-39(42)45-38(44(43)48)19-21-49(55-45,33-13-17-35(51-4)18-14-33)32-11-15-34(16-12-32)50-22-25-53-26-23-50/h6-19,21,27H,20,22-26,28-30H2,1-5H3/b31-6+. The Balaban J connectivity index is 1.27. The molecular weight excluding hydrogens is 683 g/mol. The molecule has 1 spiro atoms. The van der Waals surface area contributed by atoms with Crippen molar-refractivity contribution < 1.29 is 23.7 Å². The lowest BCUT2D eigenvalue weighted by Gasteiger charge is -2.47. The van der Waals surface area contributed by atoms with E-state index in [1.54, 1.807) is 14.2 Å². The zero-order chi connectivity index (χ0) is 37.5. The van der Waals surface area contributed by atoms with Crippen molar-refractivity contribution in [3.8, 4) is 34.1 Å². The zero-order valence-corrected chi connectivity index (χ0v) is 32.6. The molecule has 6 nitrogen and oxygen atoms in total. The van der Waals surface area contributed by atoms with Crippen molar-refractivity contribution >= 4 is 22.5 Å². The lowest BCUT2D eigenvalue weighted by atomic mass is 9.57. The van der Waals surface area contributed by atoms with Gasteiger partial charge < -0.3 is 28.6 Å². The van der Waals surface area contributed by atoms with E-state index in [2.05, 4.69) is 111 Å². The van der Waals surface area contributed by atoms with Crippen LogP contribution < -0.4 is 23.8 Å². The second-order valence-electron chi connectivity index (χ2n) is 16.7. The van der Waals surface area contributed by atoms with Crippen LogP contribution in [0, 0.1) is 5.41 Å². The van der Waals surface area contributed by atoms with Crippen LogP contribution in [0.4, 0.5) is 5.69 Å². The van der Waals surface area contributed by atoms with Gasteiger partial charge in [-0.15, -0.1) is 0 Å². The fraction of sp³-hybridized carbons (Fsp3) is 0.347. The van der Waals surface area contributed by atoms with Gasteiger partial charge in [0.05, 0.1) is 34.0 Å². The number of benzene rings is 5. The fourth-order valence-electron chi connectivity index (χ4n) is 10.8. The summed E-state index contributed by atoms with van der Waals surface area (Å²) in [6, 6.07) is 28.7. The van der Waals surface area contributed by atoms with Crippen molar-refractivity contribution in [3.05, 3.63) is 130 Å². The van der Waals surface area contributed by atoms with Crippen LogP contribution in [0.3, 0.4) is 0 Å². The summed E-state index contributed by atoms with van der Waals surface area (Å²) in [7, 11) is 3.46. The molecule has 3 heterocycles. The summed E-state index contributed by atoms with van der Waals surface area (Å²) in [5, 5.41) is 2.30. The predicted octanol–water partition coefficient (Wildman–Crippen LogP) is 10.4. The largest absolute Gasteiger partial charge is 0.497 e. The van der Waals surface area contributed by atoms with Gasteiger partial charge in [0, 0.05) is 63.6 Å². The summed E-state index contributed by atoms with van der Waals surface area (Å²) < 4.78 is 31.6. The first-order valence-corrected chi connectivity index (χ1v) is 19.9. The Bertz CT molecular complexity index is 2400. The summed E-state index contributed by atoms with van der Waals surface area (Å²) in [5.41, 5.74) is 11.7. The number of rotatable bonds is 5. The summed E-state index contributed by atoms with van der Waals surface area (Å²) in [4.78, 5) is 2.40.